The van der Waals surface area contributed by atoms with Gasteiger partial charge in [-0.05, 0) is 60.7 Å². The molecule has 1 unspecified atom stereocenters. The van der Waals surface area contributed by atoms with E-state index in [9.17, 15) is 9.90 Å². The van der Waals surface area contributed by atoms with Crippen LogP contribution in [0.4, 0.5) is 0 Å². The fraction of sp³-hybridized carbons (Fsp3) is 0.391. The summed E-state index contributed by atoms with van der Waals surface area (Å²) in [5.74, 6) is 1.70. The van der Waals surface area contributed by atoms with E-state index in [2.05, 4.69) is 4.98 Å². The molecule has 30 heavy (non-hydrogen) atoms. The molecule has 2 fully saturated rings. The highest BCUT2D eigenvalue weighted by Gasteiger charge is 2.43. The molecular formula is C23H24N2O5. The number of fused-ring (bicyclic) bond motifs is 3. The van der Waals surface area contributed by atoms with Crippen LogP contribution in [-0.4, -0.2) is 46.2 Å². The first-order chi connectivity index (χ1) is 14.6. The van der Waals surface area contributed by atoms with Gasteiger partial charge in [-0.2, -0.15) is 0 Å². The molecule has 7 heteroatoms. The third kappa shape index (κ3) is 3.50. The zero-order valence-electron chi connectivity index (χ0n) is 16.8. The standard InChI is InChI=1S/C23H24N2O5/c1-28-19-6-2-14-3-7-20(9-15(14)8-19)29-13-22-24-21(12-30-22)23(27)25-16-4-5-17(25)11-18(26)10-16/h2-3,6-9,12,16-18,26H,4-5,10-11,13H2,1H3/t16-,17+,18?. The van der Waals surface area contributed by atoms with Gasteiger partial charge in [-0.25, -0.2) is 4.98 Å². The molecule has 1 N–H and O–H groups in total. The quantitative estimate of drug-likeness (QED) is 0.695. The maximum absolute atomic E-state index is 12.9. The minimum absolute atomic E-state index is 0.0947. The molecule has 3 heterocycles. The molecule has 2 aliphatic heterocycles. The third-order valence-corrected chi connectivity index (χ3v) is 6.09. The Kier molecular flexibility index (Phi) is 4.83. The number of amides is 1. The fourth-order valence-electron chi connectivity index (χ4n) is 4.65. The minimum Gasteiger partial charge on any atom is -0.497 e. The number of aliphatic hydroxyl groups excluding tert-OH is 1. The molecule has 2 saturated heterocycles. The Labute approximate surface area is 174 Å². The van der Waals surface area contributed by atoms with Crippen molar-refractivity contribution in [1.29, 1.82) is 0 Å². The van der Waals surface area contributed by atoms with E-state index in [4.69, 9.17) is 13.9 Å². The Hall–Kier alpha value is -3.06. The fourth-order valence-corrected chi connectivity index (χ4v) is 4.65. The van der Waals surface area contributed by atoms with Crippen LogP contribution in [-0.2, 0) is 6.61 Å². The number of aromatic nitrogens is 1. The molecule has 0 aliphatic carbocycles. The number of hydrogen-bond donors (Lipinski definition) is 1. The number of oxazole rings is 1. The highest BCUT2D eigenvalue weighted by Crippen LogP contribution is 2.36. The Morgan fingerprint density at radius 3 is 2.57 bits per heavy atom. The van der Waals surface area contributed by atoms with E-state index < -0.39 is 0 Å². The number of hydrogen-bond acceptors (Lipinski definition) is 6. The summed E-state index contributed by atoms with van der Waals surface area (Å²) < 4.78 is 16.6. The maximum Gasteiger partial charge on any atom is 0.276 e. The molecular weight excluding hydrogens is 384 g/mol. The van der Waals surface area contributed by atoms with Crippen molar-refractivity contribution in [3.05, 3.63) is 54.2 Å². The van der Waals surface area contributed by atoms with Crippen LogP contribution in [0.15, 0.2) is 47.1 Å². The molecule has 7 nitrogen and oxygen atoms in total. The number of nitrogens with zero attached hydrogens (tertiary/aromatic N) is 2. The molecule has 0 saturated carbocycles. The van der Waals surface area contributed by atoms with E-state index >= 15 is 0 Å². The second kappa shape index (κ2) is 7.65. The number of carbonyl (C=O) groups excluding carboxylic acids is 1. The molecule has 2 aromatic carbocycles. The number of rotatable bonds is 5. The van der Waals surface area contributed by atoms with Crippen LogP contribution in [0.3, 0.4) is 0 Å². The summed E-state index contributed by atoms with van der Waals surface area (Å²) >= 11 is 0. The van der Waals surface area contributed by atoms with Gasteiger partial charge in [-0.3, -0.25) is 4.79 Å². The van der Waals surface area contributed by atoms with Crippen LogP contribution in [0.5, 0.6) is 11.5 Å². The molecule has 3 aromatic rings. The lowest BCUT2D eigenvalue weighted by Gasteiger charge is -2.36. The van der Waals surface area contributed by atoms with Crippen LogP contribution in [0, 0.1) is 0 Å². The average molecular weight is 408 g/mol. The second-order valence-electron chi connectivity index (χ2n) is 8.01. The first-order valence-electron chi connectivity index (χ1n) is 10.3. The average Bonchev–Trinajstić information content (AvgIpc) is 3.34. The summed E-state index contributed by atoms with van der Waals surface area (Å²) in [6.45, 7) is 0.133. The van der Waals surface area contributed by atoms with E-state index in [0.717, 1.165) is 29.4 Å². The molecule has 2 bridgehead atoms. The van der Waals surface area contributed by atoms with Gasteiger partial charge in [-0.15, -0.1) is 0 Å². The number of carbonyl (C=O) groups is 1. The molecule has 1 amide bonds. The molecule has 1 aromatic heterocycles. The summed E-state index contributed by atoms with van der Waals surface area (Å²) in [6, 6.07) is 11.9. The summed E-state index contributed by atoms with van der Waals surface area (Å²) in [5, 5.41) is 12.0. The van der Waals surface area contributed by atoms with Crippen LogP contribution < -0.4 is 9.47 Å². The second-order valence-corrected chi connectivity index (χ2v) is 8.01. The highest BCUT2D eigenvalue weighted by molar-refractivity contribution is 5.92. The third-order valence-electron chi connectivity index (χ3n) is 6.09. The normalized spacial score (nSPS) is 23.0. The maximum atomic E-state index is 12.9. The van der Waals surface area contributed by atoms with Crippen molar-refractivity contribution in [3.8, 4) is 11.5 Å². The van der Waals surface area contributed by atoms with Crippen LogP contribution in [0.1, 0.15) is 42.1 Å². The topological polar surface area (TPSA) is 85.0 Å². The largest absolute Gasteiger partial charge is 0.497 e. The van der Waals surface area contributed by atoms with Gasteiger partial charge in [0.15, 0.2) is 12.3 Å². The predicted molar refractivity (Wildman–Crippen MR) is 110 cm³/mol. The number of aliphatic hydroxyl groups is 1. The van der Waals surface area contributed by atoms with Crippen LogP contribution >= 0.6 is 0 Å². The van der Waals surface area contributed by atoms with Gasteiger partial charge in [0.25, 0.3) is 5.91 Å². The van der Waals surface area contributed by atoms with Gasteiger partial charge in [0.1, 0.15) is 17.8 Å². The number of benzene rings is 2. The SMILES string of the molecule is COc1ccc2ccc(OCc3nc(C(=O)N4[C@@H]5CC[C@H]4CC(O)C5)co3)cc2c1. The van der Waals surface area contributed by atoms with Crippen molar-refractivity contribution >= 4 is 16.7 Å². The first-order valence-corrected chi connectivity index (χ1v) is 10.3. The Morgan fingerprint density at radius 2 is 1.83 bits per heavy atom. The first kappa shape index (κ1) is 18.9. The van der Waals surface area contributed by atoms with Crippen molar-refractivity contribution in [2.24, 2.45) is 0 Å². The van der Waals surface area contributed by atoms with Gasteiger partial charge < -0.3 is 23.9 Å². The van der Waals surface area contributed by atoms with E-state index in [1.54, 1.807) is 7.11 Å². The van der Waals surface area contributed by atoms with Crippen LogP contribution in [0.25, 0.3) is 10.8 Å². The highest BCUT2D eigenvalue weighted by atomic mass is 16.5. The monoisotopic (exact) mass is 408 g/mol. The molecule has 156 valence electrons. The van der Waals surface area contributed by atoms with Gasteiger partial charge in [0.05, 0.1) is 13.2 Å². The van der Waals surface area contributed by atoms with E-state index in [1.165, 1.54) is 6.26 Å². The van der Waals surface area contributed by atoms with E-state index in [-0.39, 0.29) is 30.7 Å². The lowest BCUT2D eigenvalue weighted by atomic mass is 9.99. The van der Waals surface area contributed by atoms with Gasteiger partial charge in [0, 0.05) is 12.1 Å². The minimum atomic E-state index is -0.310. The smallest absolute Gasteiger partial charge is 0.276 e. The molecule has 3 atom stereocenters. The Bertz CT molecular complexity index is 1060. The van der Waals surface area contributed by atoms with Crippen LogP contribution in [0.2, 0.25) is 0 Å². The molecule has 0 spiro atoms. The van der Waals surface area contributed by atoms with Crippen molar-refractivity contribution in [1.82, 2.24) is 9.88 Å². The predicted octanol–water partition coefficient (Wildman–Crippen LogP) is 3.54. The van der Waals surface area contributed by atoms with Gasteiger partial charge in [0.2, 0.25) is 5.89 Å². The molecule has 2 aliphatic rings. The molecule has 5 rings (SSSR count). The lowest BCUT2D eigenvalue weighted by Crippen LogP contribution is -2.48. The van der Waals surface area contributed by atoms with E-state index in [1.807, 2.05) is 41.3 Å². The summed E-state index contributed by atoms with van der Waals surface area (Å²) in [7, 11) is 1.64. The van der Waals surface area contributed by atoms with Crippen molar-refractivity contribution in [2.75, 3.05) is 7.11 Å². The van der Waals surface area contributed by atoms with Crippen molar-refractivity contribution < 1.29 is 23.8 Å². The van der Waals surface area contributed by atoms with Crippen molar-refractivity contribution in [2.45, 2.75) is 50.5 Å². The lowest BCUT2D eigenvalue weighted by molar-refractivity contribution is 0.0282. The number of methoxy groups -OCH3 is 1. The Balaban J connectivity index is 1.26. The Morgan fingerprint density at radius 1 is 1.13 bits per heavy atom. The van der Waals surface area contributed by atoms with Gasteiger partial charge >= 0.3 is 0 Å². The summed E-state index contributed by atoms with van der Waals surface area (Å²) in [6.07, 6.45) is 4.25. The van der Waals surface area contributed by atoms with E-state index in [0.29, 0.717) is 30.2 Å². The summed E-state index contributed by atoms with van der Waals surface area (Å²) in [5.41, 5.74) is 0.296. The molecule has 0 radical (unpaired) electrons. The number of ether oxygens (including phenoxy) is 2. The zero-order valence-corrected chi connectivity index (χ0v) is 16.8. The van der Waals surface area contributed by atoms with Gasteiger partial charge in [-0.1, -0.05) is 12.1 Å². The summed E-state index contributed by atoms with van der Waals surface area (Å²) in [4.78, 5) is 19.2. The number of piperidine rings is 1. The van der Waals surface area contributed by atoms with Crippen molar-refractivity contribution in [3.63, 3.8) is 0 Å². The zero-order chi connectivity index (χ0) is 20.7.